The molecule has 0 aromatic carbocycles. The van der Waals surface area contributed by atoms with Crippen molar-refractivity contribution in [1.82, 2.24) is 20.1 Å². The quantitative estimate of drug-likeness (QED) is 0.852. The highest BCUT2D eigenvalue weighted by Crippen LogP contribution is 2.35. The summed E-state index contributed by atoms with van der Waals surface area (Å²) in [4.78, 5) is 32.8. The predicted octanol–water partition coefficient (Wildman–Crippen LogP) is 0.281. The van der Waals surface area contributed by atoms with Crippen molar-refractivity contribution in [3.05, 3.63) is 29.6 Å². The number of pyridine rings is 1. The molecule has 6 nitrogen and oxygen atoms in total. The van der Waals surface area contributed by atoms with E-state index in [1.54, 1.807) is 13.1 Å². The lowest BCUT2D eigenvalue weighted by atomic mass is 10.0. The van der Waals surface area contributed by atoms with Crippen LogP contribution in [0.2, 0.25) is 0 Å². The number of aryl methyl sites for hydroxylation is 1. The van der Waals surface area contributed by atoms with E-state index in [9.17, 15) is 9.59 Å². The molecule has 6 heteroatoms. The molecule has 1 aromatic heterocycles. The third kappa shape index (κ3) is 2.47. The Balaban J connectivity index is 1.70. The summed E-state index contributed by atoms with van der Waals surface area (Å²) in [5, 5.41) is 2.72. The number of carbonyl (C=O) groups excluding carboxylic acids is 2. The summed E-state index contributed by atoms with van der Waals surface area (Å²) < 4.78 is 0. The zero-order chi connectivity index (χ0) is 15.9. The molecule has 2 amide bonds. The molecule has 2 aliphatic rings. The van der Waals surface area contributed by atoms with E-state index < -0.39 is 0 Å². The van der Waals surface area contributed by atoms with Gasteiger partial charge in [-0.25, -0.2) is 4.98 Å². The zero-order valence-corrected chi connectivity index (χ0v) is 13.2. The van der Waals surface area contributed by atoms with Crippen LogP contribution in [-0.2, 0) is 4.79 Å². The van der Waals surface area contributed by atoms with Crippen LogP contribution >= 0.6 is 0 Å². The summed E-state index contributed by atoms with van der Waals surface area (Å²) in [6, 6.07) is 5.70. The predicted molar refractivity (Wildman–Crippen MR) is 82.4 cm³/mol. The van der Waals surface area contributed by atoms with E-state index in [1.165, 1.54) is 0 Å². The first kappa shape index (κ1) is 15.0. The fraction of sp³-hybridized carbons (Fsp3) is 0.562. The first-order valence-electron chi connectivity index (χ1n) is 7.67. The summed E-state index contributed by atoms with van der Waals surface area (Å²) in [6.45, 7) is 3.26. The molecular weight excluding hydrogens is 280 g/mol. The summed E-state index contributed by atoms with van der Waals surface area (Å²) in [7, 11) is 3.65. The Labute approximate surface area is 130 Å². The van der Waals surface area contributed by atoms with Crippen molar-refractivity contribution in [2.24, 2.45) is 5.92 Å². The minimum Gasteiger partial charge on any atom is -0.358 e. The van der Waals surface area contributed by atoms with Crippen molar-refractivity contribution in [3.63, 3.8) is 0 Å². The molecule has 2 saturated heterocycles. The SMILES string of the molecule is CNC(=O)[C@@H]1C[C@H]2CN(C(=O)c3cccc(C)n3)C[C@H]2N1C. The normalized spacial score (nSPS) is 27.8. The lowest BCUT2D eigenvalue weighted by Crippen LogP contribution is -2.45. The molecule has 2 aliphatic heterocycles. The van der Waals surface area contributed by atoms with Gasteiger partial charge in [0.15, 0.2) is 0 Å². The molecule has 2 fully saturated rings. The highest BCUT2D eigenvalue weighted by atomic mass is 16.2. The van der Waals surface area contributed by atoms with Gasteiger partial charge < -0.3 is 10.2 Å². The van der Waals surface area contributed by atoms with E-state index in [1.807, 2.05) is 31.0 Å². The van der Waals surface area contributed by atoms with Gasteiger partial charge in [0, 0.05) is 31.9 Å². The Hall–Kier alpha value is -1.95. The van der Waals surface area contributed by atoms with E-state index in [2.05, 4.69) is 15.2 Å². The van der Waals surface area contributed by atoms with Gasteiger partial charge in [-0.15, -0.1) is 0 Å². The van der Waals surface area contributed by atoms with Crippen molar-refractivity contribution in [2.75, 3.05) is 27.2 Å². The van der Waals surface area contributed by atoms with Crippen molar-refractivity contribution in [3.8, 4) is 0 Å². The van der Waals surface area contributed by atoms with Gasteiger partial charge in [-0.3, -0.25) is 14.5 Å². The molecule has 0 saturated carbocycles. The second kappa shape index (κ2) is 5.68. The molecule has 0 unspecified atom stereocenters. The minimum absolute atomic E-state index is 0.0111. The number of rotatable bonds is 2. The number of nitrogens with zero attached hydrogens (tertiary/aromatic N) is 3. The number of carbonyl (C=O) groups is 2. The number of hydrogen-bond acceptors (Lipinski definition) is 4. The summed E-state index contributed by atoms with van der Waals surface area (Å²) in [5.74, 6) is 0.416. The van der Waals surface area contributed by atoms with Crippen molar-refractivity contribution in [2.45, 2.75) is 25.4 Å². The lowest BCUT2D eigenvalue weighted by Gasteiger charge is -2.25. The maximum atomic E-state index is 12.6. The molecule has 0 aliphatic carbocycles. The van der Waals surface area contributed by atoms with E-state index in [0.29, 0.717) is 24.7 Å². The van der Waals surface area contributed by atoms with Crippen LogP contribution < -0.4 is 5.32 Å². The average molecular weight is 302 g/mol. The van der Waals surface area contributed by atoms with Crippen LogP contribution in [0, 0.1) is 12.8 Å². The average Bonchev–Trinajstić information content (AvgIpc) is 3.06. The van der Waals surface area contributed by atoms with E-state index >= 15 is 0 Å². The fourth-order valence-electron chi connectivity index (χ4n) is 3.68. The summed E-state index contributed by atoms with van der Waals surface area (Å²) >= 11 is 0. The van der Waals surface area contributed by atoms with E-state index in [-0.39, 0.29) is 23.9 Å². The van der Waals surface area contributed by atoms with Crippen molar-refractivity contribution in [1.29, 1.82) is 0 Å². The van der Waals surface area contributed by atoms with Crippen LogP contribution in [0.15, 0.2) is 18.2 Å². The Bertz CT molecular complexity index is 604. The van der Waals surface area contributed by atoms with E-state index in [4.69, 9.17) is 0 Å². The van der Waals surface area contributed by atoms with Crippen molar-refractivity contribution >= 4 is 11.8 Å². The first-order chi connectivity index (χ1) is 10.5. The third-order valence-electron chi connectivity index (χ3n) is 4.89. The van der Waals surface area contributed by atoms with Gasteiger partial charge >= 0.3 is 0 Å². The van der Waals surface area contributed by atoms with Gasteiger partial charge in [-0.1, -0.05) is 6.07 Å². The van der Waals surface area contributed by atoms with Gasteiger partial charge in [-0.2, -0.15) is 0 Å². The Kier molecular flexibility index (Phi) is 3.87. The standard InChI is InChI=1S/C16H22N4O2/c1-10-5-4-6-12(18-10)16(22)20-8-11-7-13(15(21)17-2)19(3)14(11)9-20/h4-6,11,13-14H,7-9H2,1-3H3,(H,17,21)/t11-,13-,14+/m0/s1. The van der Waals surface area contributed by atoms with Crippen LogP contribution in [-0.4, -0.2) is 65.9 Å². The molecule has 3 heterocycles. The van der Waals surface area contributed by atoms with Crippen LogP contribution in [0.5, 0.6) is 0 Å². The van der Waals surface area contributed by atoms with Crippen LogP contribution in [0.1, 0.15) is 22.6 Å². The molecule has 118 valence electrons. The maximum Gasteiger partial charge on any atom is 0.272 e. The van der Waals surface area contributed by atoms with Gasteiger partial charge in [-0.05, 0) is 38.4 Å². The number of likely N-dealkylation sites (N-methyl/N-ethyl adjacent to an activating group) is 2. The molecule has 0 spiro atoms. The van der Waals surface area contributed by atoms with Crippen LogP contribution in [0.25, 0.3) is 0 Å². The Morgan fingerprint density at radius 1 is 1.32 bits per heavy atom. The first-order valence-corrected chi connectivity index (χ1v) is 7.67. The maximum absolute atomic E-state index is 12.6. The smallest absolute Gasteiger partial charge is 0.272 e. The van der Waals surface area contributed by atoms with Crippen LogP contribution in [0.4, 0.5) is 0 Å². The topological polar surface area (TPSA) is 65.5 Å². The molecule has 0 bridgehead atoms. The Morgan fingerprint density at radius 3 is 2.73 bits per heavy atom. The molecule has 1 N–H and O–H groups in total. The largest absolute Gasteiger partial charge is 0.358 e. The second-order valence-electron chi connectivity index (χ2n) is 6.23. The highest BCUT2D eigenvalue weighted by molar-refractivity contribution is 5.92. The fourth-order valence-corrected chi connectivity index (χ4v) is 3.68. The number of aromatic nitrogens is 1. The second-order valence-corrected chi connectivity index (χ2v) is 6.23. The summed E-state index contributed by atoms with van der Waals surface area (Å²) in [5.41, 5.74) is 1.35. The van der Waals surface area contributed by atoms with Gasteiger partial charge in [0.2, 0.25) is 5.91 Å². The number of hydrogen-bond donors (Lipinski definition) is 1. The number of nitrogens with one attached hydrogen (secondary N) is 1. The molecule has 3 rings (SSSR count). The molecule has 0 radical (unpaired) electrons. The monoisotopic (exact) mass is 302 g/mol. The minimum atomic E-state index is -0.0747. The number of likely N-dealkylation sites (tertiary alicyclic amines) is 2. The number of fused-ring (bicyclic) bond motifs is 1. The van der Waals surface area contributed by atoms with Gasteiger partial charge in [0.25, 0.3) is 5.91 Å². The van der Waals surface area contributed by atoms with E-state index in [0.717, 1.165) is 12.1 Å². The summed E-state index contributed by atoms with van der Waals surface area (Å²) in [6.07, 6.45) is 0.811. The lowest BCUT2D eigenvalue weighted by molar-refractivity contribution is -0.125. The van der Waals surface area contributed by atoms with Crippen LogP contribution in [0.3, 0.4) is 0 Å². The molecule has 1 aromatic rings. The Morgan fingerprint density at radius 2 is 2.09 bits per heavy atom. The highest BCUT2D eigenvalue weighted by Gasteiger charge is 2.48. The molecule has 22 heavy (non-hydrogen) atoms. The van der Waals surface area contributed by atoms with Gasteiger partial charge in [0.05, 0.1) is 6.04 Å². The number of amides is 2. The molecule has 3 atom stereocenters. The zero-order valence-electron chi connectivity index (χ0n) is 13.2. The third-order valence-corrected chi connectivity index (χ3v) is 4.89. The van der Waals surface area contributed by atoms with Crippen molar-refractivity contribution < 1.29 is 9.59 Å². The van der Waals surface area contributed by atoms with Gasteiger partial charge in [0.1, 0.15) is 5.69 Å². The molecular formula is C16H22N4O2.